The number of ether oxygens (including phenoxy) is 1. The fourth-order valence-electron chi connectivity index (χ4n) is 2.16. The zero-order chi connectivity index (χ0) is 16.4. The van der Waals surface area contributed by atoms with Crippen molar-refractivity contribution in [2.45, 2.75) is 32.3 Å². The predicted octanol–water partition coefficient (Wildman–Crippen LogP) is 1.75. The van der Waals surface area contributed by atoms with E-state index >= 15 is 0 Å². The molecular weight excluding hydrogens is 300 g/mol. The maximum Gasteiger partial charge on any atom is 0.410 e. The molecule has 0 aromatic carbocycles. The lowest BCUT2D eigenvalue weighted by atomic mass is 10.1. The molecule has 9 heteroatoms. The second kappa shape index (κ2) is 5.82. The molecule has 9 nitrogen and oxygen atoms in total. The summed E-state index contributed by atoms with van der Waals surface area (Å²) < 4.78 is 10.7. The predicted molar refractivity (Wildman–Crippen MR) is 79.4 cm³/mol. The third-order valence-electron chi connectivity index (χ3n) is 3.15. The molecule has 1 aliphatic rings. The van der Waals surface area contributed by atoms with Crippen molar-refractivity contribution in [2.75, 3.05) is 13.1 Å². The molecule has 3 heterocycles. The van der Waals surface area contributed by atoms with Crippen molar-refractivity contribution < 1.29 is 14.1 Å². The number of aromatic amines is 1. The van der Waals surface area contributed by atoms with E-state index in [0.29, 0.717) is 30.6 Å². The maximum absolute atomic E-state index is 12.2. The van der Waals surface area contributed by atoms with Crippen molar-refractivity contribution in [3.63, 3.8) is 0 Å². The molecule has 1 aliphatic heterocycles. The number of rotatable bonds is 2. The van der Waals surface area contributed by atoms with Crippen molar-refractivity contribution in [3.05, 3.63) is 24.4 Å². The highest BCUT2D eigenvalue weighted by Crippen LogP contribution is 2.23. The summed E-state index contributed by atoms with van der Waals surface area (Å²) in [7, 11) is 0. The normalized spacial score (nSPS) is 18.2. The van der Waals surface area contributed by atoms with Crippen LogP contribution < -0.4 is 0 Å². The third kappa shape index (κ3) is 3.55. The van der Waals surface area contributed by atoms with Crippen LogP contribution in [0.2, 0.25) is 0 Å². The fraction of sp³-hybridized carbons (Fsp3) is 0.500. The standard InChI is InChI=1S/C14H18N6O3/c1-14(2,3)22-13(21)20-6-4-5-9(7-20)12-17-11(19-23-12)10-15-8-16-18-10/h4-5,8-9H,6-7H2,1-3H3,(H,15,16,18). The zero-order valence-electron chi connectivity index (χ0n) is 13.2. The van der Waals surface area contributed by atoms with Gasteiger partial charge in [-0.15, -0.1) is 0 Å². The van der Waals surface area contributed by atoms with Gasteiger partial charge < -0.3 is 14.2 Å². The molecule has 3 rings (SSSR count). The van der Waals surface area contributed by atoms with Crippen LogP contribution in [-0.4, -0.2) is 55.0 Å². The van der Waals surface area contributed by atoms with Crippen molar-refractivity contribution in [1.29, 1.82) is 0 Å². The number of nitrogens with zero attached hydrogens (tertiary/aromatic N) is 5. The highest BCUT2D eigenvalue weighted by molar-refractivity contribution is 5.68. The van der Waals surface area contributed by atoms with E-state index in [1.165, 1.54) is 6.33 Å². The number of carbonyl (C=O) groups is 1. The van der Waals surface area contributed by atoms with Crippen LogP contribution in [0.3, 0.4) is 0 Å². The average molecular weight is 318 g/mol. The largest absolute Gasteiger partial charge is 0.444 e. The van der Waals surface area contributed by atoms with E-state index in [2.05, 4.69) is 25.3 Å². The lowest BCUT2D eigenvalue weighted by molar-refractivity contribution is 0.0255. The molecule has 1 N–H and O–H groups in total. The van der Waals surface area contributed by atoms with Crippen LogP contribution in [0, 0.1) is 0 Å². The smallest absolute Gasteiger partial charge is 0.410 e. The molecule has 122 valence electrons. The Hall–Kier alpha value is -2.71. The molecule has 1 amide bonds. The van der Waals surface area contributed by atoms with Gasteiger partial charge in [-0.2, -0.15) is 10.1 Å². The van der Waals surface area contributed by atoms with Crippen molar-refractivity contribution in [3.8, 4) is 11.6 Å². The van der Waals surface area contributed by atoms with E-state index < -0.39 is 5.60 Å². The minimum Gasteiger partial charge on any atom is -0.444 e. The first-order valence-electron chi connectivity index (χ1n) is 7.26. The van der Waals surface area contributed by atoms with Crippen LogP contribution in [0.15, 0.2) is 23.0 Å². The van der Waals surface area contributed by atoms with Gasteiger partial charge in [0.2, 0.25) is 11.7 Å². The average Bonchev–Trinajstić information content (AvgIpc) is 3.17. The summed E-state index contributed by atoms with van der Waals surface area (Å²) in [6, 6.07) is 0. The van der Waals surface area contributed by atoms with Gasteiger partial charge in [-0.05, 0) is 20.8 Å². The molecule has 1 unspecified atom stereocenters. The number of hydrogen-bond acceptors (Lipinski definition) is 7. The van der Waals surface area contributed by atoms with E-state index in [1.807, 2.05) is 32.9 Å². The summed E-state index contributed by atoms with van der Waals surface area (Å²) in [6.07, 6.45) is 4.84. The van der Waals surface area contributed by atoms with Crippen LogP contribution in [-0.2, 0) is 4.74 Å². The van der Waals surface area contributed by atoms with E-state index in [-0.39, 0.29) is 12.0 Å². The van der Waals surface area contributed by atoms with E-state index in [4.69, 9.17) is 9.26 Å². The van der Waals surface area contributed by atoms with E-state index in [0.717, 1.165) is 0 Å². The number of aromatic nitrogens is 5. The Bertz CT molecular complexity index is 700. The summed E-state index contributed by atoms with van der Waals surface area (Å²) >= 11 is 0. The molecule has 0 radical (unpaired) electrons. The Labute approximate surface area is 132 Å². The van der Waals surface area contributed by atoms with Crippen LogP contribution in [0.25, 0.3) is 11.6 Å². The first kappa shape index (κ1) is 15.2. The molecule has 2 aromatic rings. The lowest BCUT2D eigenvalue weighted by Gasteiger charge is -2.30. The summed E-state index contributed by atoms with van der Waals surface area (Å²) in [5, 5.41) is 10.3. The summed E-state index contributed by atoms with van der Waals surface area (Å²) in [5.74, 6) is 1.01. The lowest BCUT2D eigenvalue weighted by Crippen LogP contribution is -2.40. The molecule has 0 spiro atoms. The Morgan fingerprint density at radius 1 is 1.48 bits per heavy atom. The Balaban J connectivity index is 1.71. The van der Waals surface area contributed by atoms with Crippen LogP contribution in [0.1, 0.15) is 32.6 Å². The van der Waals surface area contributed by atoms with Gasteiger partial charge in [-0.3, -0.25) is 5.10 Å². The number of amides is 1. The topological polar surface area (TPSA) is 110 Å². The minimum atomic E-state index is -0.530. The van der Waals surface area contributed by atoms with Crippen molar-refractivity contribution >= 4 is 6.09 Å². The highest BCUT2D eigenvalue weighted by Gasteiger charge is 2.28. The van der Waals surface area contributed by atoms with Gasteiger partial charge in [-0.25, -0.2) is 9.78 Å². The molecule has 0 fully saturated rings. The van der Waals surface area contributed by atoms with Gasteiger partial charge in [0.1, 0.15) is 11.9 Å². The number of nitrogens with one attached hydrogen (secondary N) is 1. The summed E-state index contributed by atoms with van der Waals surface area (Å²) in [6.45, 7) is 6.43. The number of H-pyrrole nitrogens is 1. The van der Waals surface area contributed by atoms with E-state index in [9.17, 15) is 4.79 Å². The molecular formula is C14H18N6O3. The summed E-state index contributed by atoms with van der Waals surface area (Å²) in [5.41, 5.74) is -0.530. The third-order valence-corrected chi connectivity index (χ3v) is 3.15. The first-order valence-corrected chi connectivity index (χ1v) is 7.26. The molecule has 2 aromatic heterocycles. The van der Waals surface area contributed by atoms with Gasteiger partial charge in [0.25, 0.3) is 0 Å². The van der Waals surface area contributed by atoms with Crippen LogP contribution in [0.4, 0.5) is 4.79 Å². The second-order valence-corrected chi connectivity index (χ2v) is 6.21. The van der Waals surface area contributed by atoms with Gasteiger partial charge in [0.15, 0.2) is 5.82 Å². The van der Waals surface area contributed by atoms with E-state index in [1.54, 1.807) is 4.90 Å². The SMILES string of the molecule is CC(C)(C)OC(=O)N1CC=CC(c2nc(-c3ncn[nH]3)no2)C1. The van der Waals surface area contributed by atoms with Gasteiger partial charge in [0, 0.05) is 13.1 Å². The molecule has 0 saturated heterocycles. The molecule has 0 saturated carbocycles. The van der Waals surface area contributed by atoms with Crippen molar-refractivity contribution in [1.82, 2.24) is 30.2 Å². The minimum absolute atomic E-state index is 0.180. The molecule has 0 aliphatic carbocycles. The highest BCUT2D eigenvalue weighted by atomic mass is 16.6. The Morgan fingerprint density at radius 2 is 2.30 bits per heavy atom. The second-order valence-electron chi connectivity index (χ2n) is 6.21. The Morgan fingerprint density at radius 3 is 3.00 bits per heavy atom. The molecule has 0 bridgehead atoms. The quantitative estimate of drug-likeness (QED) is 0.840. The van der Waals surface area contributed by atoms with Gasteiger partial charge in [-0.1, -0.05) is 17.3 Å². The van der Waals surface area contributed by atoms with Gasteiger partial charge >= 0.3 is 6.09 Å². The Kier molecular flexibility index (Phi) is 3.85. The first-order chi connectivity index (χ1) is 10.9. The number of hydrogen-bond donors (Lipinski definition) is 1. The van der Waals surface area contributed by atoms with Crippen LogP contribution >= 0.6 is 0 Å². The monoisotopic (exact) mass is 318 g/mol. The van der Waals surface area contributed by atoms with Gasteiger partial charge in [0.05, 0.1) is 5.92 Å². The van der Waals surface area contributed by atoms with Crippen LogP contribution in [0.5, 0.6) is 0 Å². The molecule has 1 atom stereocenters. The summed E-state index contributed by atoms with van der Waals surface area (Å²) in [4.78, 5) is 22.0. The molecule has 23 heavy (non-hydrogen) atoms. The fourth-order valence-corrected chi connectivity index (χ4v) is 2.16. The van der Waals surface area contributed by atoms with Crippen molar-refractivity contribution in [2.24, 2.45) is 0 Å². The zero-order valence-corrected chi connectivity index (χ0v) is 13.2. The number of carbonyl (C=O) groups excluding carboxylic acids is 1. The maximum atomic E-state index is 12.2.